The highest BCUT2D eigenvalue weighted by Crippen LogP contribution is 2.25. The number of nitrogens with one attached hydrogen (secondary N) is 1. The Hall–Kier alpha value is -2.08. The lowest BCUT2D eigenvalue weighted by Crippen LogP contribution is -2.23. The van der Waals surface area contributed by atoms with E-state index in [0.29, 0.717) is 11.4 Å². The molecule has 0 spiro atoms. The molecule has 0 aliphatic heterocycles. The Morgan fingerprint density at radius 1 is 1.30 bits per heavy atom. The molecule has 1 fully saturated rings. The highest BCUT2D eigenvalue weighted by atomic mass is 16.5. The van der Waals surface area contributed by atoms with E-state index in [4.69, 9.17) is 15.6 Å². The first-order valence-corrected chi connectivity index (χ1v) is 6.55. The fraction of sp³-hybridized carbons (Fsp3) is 0.429. The van der Waals surface area contributed by atoms with Gasteiger partial charge in [0.2, 0.25) is 5.91 Å². The Morgan fingerprint density at radius 3 is 2.55 bits per heavy atom. The van der Waals surface area contributed by atoms with E-state index in [1.54, 1.807) is 24.3 Å². The van der Waals surface area contributed by atoms with Gasteiger partial charge in [-0.1, -0.05) is 0 Å². The van der Waals surface area contributed by atoms with E-state index in [0.717, 1.165) is 19.3 Å². The Morgan fingerprint density at radius 2 is 2.00 bits per heavy atom. The maximum atomic E-state index is 12.0. The number of carbonyl (C=O) groups excluding carboxylic acids is 1. The molecule has 1 aliphatic rings. The minimum Gasteiger partial charge on any atom is -0.482 e. The zero-order valence-electron chi connectivity index (χ0n) is 11.0. The average molecular weight is 278 g/mol. The number of carbonyl (C=O) groups is 2. The third-order valence-corrected chi connectivity index (χ3v) is 3.33. The number of rotatable bonds is 5. The van der Waals surface area contributed by atoms with E-state index in [2.05, 4.69) is 5.32 Å². The number of hydrogen-bond donors (Lipinski definition) is 3. The number of benzene rings is 1. The van der Waals surface area contributed by atoms with Gasteiger partial charge in [0, 0.05) is 17.6 Å². The lowest BCUT2D eigenvalue weighted by atomic mass is 10.1. The van der Waals surface area contributed by atoms with Crippen molar-refractivity contribution in [2.75, 3.05) is 11.9 Å². The number of anilines is 1. The molecule has 20 heavy (non-hydrogen) atoms. The summed E-state index contributed by atoms with van der Waals surface area (Å²) in [7, 11) is 0. The lowest BCUT2D eigenvalue weighted by molar-refractivity contribution is -0.139. The first-order chi connectivity index (χ1) is 9.54. The predicted molar refractivity (Wildman–Crippen MR) is 73.5 cm³/mol. The SMILES string of the molecule is NC1CCC(C(=O)Nc2ccc(OCC(=O)O)cc2)C1. The molecule has 0 heterocycles. The van der Waals surface area contributed by atoms with Gasteiger partial charge in [-0.15, -0.1) is 0 Å². The van der Waals surface area contributed by atoms with Gasteiger partial charge in [-0.2, -0.15) is 0 Å². The van der Waals surface area contributed by atoms with Gasteiger partial charge in [0.1, 0.15) is 5.75 Å². The highest BCUT2D eigenvalue weighted by Gasteiger charge is 2.27. The summed E-state index contributed by atoms with van der Waals surface area (Å²) in [6.45, 7) is -0.383. The van der Waals surface area contributed by atoms with Gasteiger partial charge in [0.05, 0.1) is 0 Å². The third kappa shape index (κ3) is 3.96. The number of carboxylic acid groups (broad SMARTS) is 1. The molecule has 0 saturated heterocycles. The monoisotopic (exact) mass is 278 g/mol. The van der Waals surface area contributed by atoms with Crippen LogP contribution in [0.5, 0.6) is 5.75 Å². The molecule has 1 amide bonds. The highest BCUT2D eigenvalue weighted by molar-refractivity contribution is 5.92. The number of aliphatic carboxylic acids is 1. The van der Waals surface area contributed by atoms with Crippen molar-refractivity contribution < 1.29 is 19.4 Å². The zero-order valence-corrected chi connectivity index (χ0v) is 11.0. The molecule has 1 aromatic carbocycles. The Labute approximate surface area is 116 Å². The molecule has 0 radical (unpaired) electrons. The summed E-state index contributed by atoms with van der Waals surface area (Å²) in [4.78, 5) is 22.4. The minimum atomic E-state index is -1.03. The van der Waals surface area contributed by atoms with Gasteiger partial charge in [-0.05, 0) is 43.5 Å². The van der Waals surface area contributed by atoms with Crippen molar-refractivity contribution in [3.63, 3.8) is 0 Å². The van der Waals surface area contributed by atoms with Crippen molar-refractivity contribution in [2.45, 2.75) is 25.3 Å². The van der Waals surface area contributed by atoms with E-state index < -0.39 is 5.97 Å². The van der Waals surface area contributed by atoms with Crippen LogP contribution in [0.3, 0.4) is 0 Å². The van der Waals surface area contributed by atoms with Gasteiger partial charge >= 0.3 is 5.97 Å². The molecule has 108 valence electrons. The smallest absolute Gasteiger partial charge is 0.341 e. The van der Waals surface area contributed by atoms with Gasteiger partial charge in [0.15, 0.2) is 6.61 Å². The molecule has 2 atom stereocenters. The van der Waals surface area contributed by atoms with Crippen LogP contribution in [0.15, 0.2) is 24.3 Å². The fourth-order valence-electron chi connectivity index (χ4n) is 2.28. The fourth-order valence-corrected chi connectivity index (χ4v) is 2.28. The van der Waals surface area contributed by atoms with Crippen molar-refractivity contribution in [2.24, 2.45) is 11.7 Å². The quantitative estimate of drug-likeness (QED) is 0.751. The normalized spacial score (nSPS) is 21.4. The standard InChI is InChI=1S/C14H18N2O4/c15-10-2-1-9(7-10)14(19)16-11-3-5-12(6-4-11)20-8-13(17)18/h3-6,9-10H,1-2,7-8,15H2,(H,16,19)(H,17,18). The van der Waals surface area contributed by atoms with Crippen molar-refractivity contribution >= 4 is 17.6 Å². The molecular weight excluding hydrogens is 260 g/mol. The maximum absolute atomic E-state index is 12.0. The molecule has 4 N–H and O–H groups in total. The average Bonchev–Trinajstić information content (AvgIpc) is 2.85. The van der Waals surface area contributed by atoms with E-state index in [9.17, 15) is 9.59 Å². The van der Waals surface area contributed by atoms with Gasteiger partial charge in [0.25, 0.3) is 0 Å². The van der Waals surface area contributed by atoms with E-state index in [1.807, 2.05) is 0 Å². The van der Waals surface area contributed by atoms with Gasteiger partial charge in [-0.3, -0.25) is 4.79 Å². The Balaban J connectivity index is 1.87. The van der Waals surface area contributed by atoms with Crippen LogP contribution in [-0.2, 0) is 9.59 Å². The molecule has 0 bridgehead atoms. The topological polar surface area (TPSA) is 102 Å². The molecular formula is C14H18N2O4. The second-order valence-electron chi connectivity index (χ2n) is 4.97. The second kappa shape index (κ2) is 6.38. The van der Waals surface area contributed by atoms with Crippen LogP contribution in [0.2, 0.25) is 0 Å². The number of amides is 1. The summed E-state index contributed by atoms with van der Waals surface area (Å²) in [5.74, 6) is -0.613. The van der Waals surface area contributed by atoms with Crippen LogP contribution in [0.1, 0.15) is 19.3 Å². The summed E-state index contributed by atoms with van der Waals surface area (Å²) in [5, 5.41) is 11.3. The Kier molecular flexibility index (Phi) is 4.57. The third-order valence-electron chi connectivity index (χ3n) is 3.33. The van der Waals surface area contributed by atoms with Gasteiger partial charge in [-0.25, -0.2) is 4.79 Å². The van der Waals surface area contributed by atoms with Crippen LogP contribution < -0.4 is 15.8 Å². The van der Waals surface area contributed by atoms with Crippen LogP contribution in [0.25, 0.3) is 0 Å². The number of ether oxygens (including phenoxy) is 1. The summed E-state index contributed by atoms with van der Waals surface area (Å²) >= 11 is 0. The number of hydrogen-bond acceptors (Lipinski definition) is 4. The van der Waals surface area contributed by atoms with Crippen molar-refractivity contribution in [3.8, 4) is 5.75 Å². The minimum absolute atomic E-state index is 0.0165. The van der Waals surface area contributed by atoms with Crippen molar-refractivity contribution in [3.05, 3.63) is 24.3 Å². The van der Waals surface area contributed by atoms with E-state index in [1.165, 1.54) is 0 Å². The predicted octanol–water partition coefficient (Wildman–Crippen LogP) is 1.22. The molecule has 1 aromatic rings. The van der Waals surface area contributed by atoms with Crippen LogP contribution in [-0.4, -0.2) is 29.6 Å². The van der Waals surface area contributed by atoms with E-state index in [-0.39, 0.29) is 24.5 Å². The zero-order chi connectivity index (χ0) is 14.5. The van der Waals surface area contributed by atoms with Gasteiger partial charge < -0.3 is 20.9 Å². The number of nitrogens with two attached hydrogens (primary N) is 1. The van der Waals surface area contributed by atoms with Crippen LogP contribution in [0, 0.1) is 5.92 Å². The molecule has 1 aliphatic carbocycles. The molecule has 6 nitrogen and oxygen atoms in total. The first kappa shape index (κ1) is 14.3. The number of carboxylic acids is 1. The molecule has 2 unspecified atom stereocenters. The Bertz CT molecular complexity index is 486. The summed E-state index contributed by atoms with van der Waals surface area (Å²) in [5.41, 5.74) is 6.45. The van der Waals surface area contributed by atoms with E-state index >= 15 is 0 Å². The van der Waals surface area contributed by atoms with Crippen molar-refractivity contribution in [1.82, 2.24) is 0 Å². The lowest BCUT2D eigenvalue weighted by Gasteiger charge is -2.11. The van der Waals surface area contributed by atoms with Crippen molar-refractivity contribution in [1.29, 1.82) is 0 Å². The molecule has 1 saturated carbocycles. The molecule has 0 aromatic heterocycles. The second-order valence-corrected chi connectivity index (χ2v) is 4.97. The summed E-state index contributed by atoms with van der Waals surface area (Å²) < 4.78 is 5.01. The summed E-state index contributed by atoms with van der Waals surface area (Å²) in [6.07, 6.45) is 2.44. The van der Waals surface area contributed by atoms with Crippen LogP contribution in [0.4, 0.5) is 5.69 Å². The molecule has 2 rings (SSSR count). The van der Waals surface area contributed by atoms with Crippen LogP contribution >= 0.6 is 0 Å². The largest absolute Gasteiger partial charge is 0.482 e. The first-order valence-electron chi connectivity index (χ1n) is 6.55. The maximum Gasteiger partial charge on any atom is 0.341 e. The molecule has 6 heteroatoms. The summed E-state index contributed by atoms with van der Waals surface area (Å²) in [6, 6.07) is 6.74.